The minimum atomic E-state index is -0.984. The molecule has 1 amide bonds. The predicted molar refractivity (Wildman–Crippen MR) is 189 cm³/mol. The van der Waals surface area contributed by atoms with Gasteiger partial charge in [0.15, 0.2) is 0 Å². The molecule has 0 spiro atoms. The number of alkyl halides is 1. The minimum absolute atomic E-state index is 0.0115. The molecule has 304 valence electrons. The molecule has 17 nitrogen and oxygen atoms in total. The molecule has 0 aliphatic carbocycles. The summed E-state index contributed by atoms with van der Waals surface area (Å²) in [6, 6.07) is 0. The average Bonchev–Trinajstić information content (AvgIpc) is 3.12. The van der Waals surface area contributed by atoms with Gasteiger partial charge in [-0.2, -0.15) is 0 Å². The molecule has 0 rings (SSSR count). The number of aliphatic carboxylic acids is 1. The van der Waals surface area contributed by atoms with Crippen LogP contribution in [-0.2, 0) is 71.2 Å². The van der Waals surface area contributed by atoms with Crippen molar-refractivity contribution in [2.75, 3.05) is 184 Å². The predicted octanol–water partition coefficient (Wildman–Crippen LogP) is 0.968. The third-order valence-corrected chi connectivity index (χ3v) is 6.36. The van der Waals surface area contributed by atoms with Crippen LogP contribution in [0.4, 0.5) is 0 Å². The summed E-state index contributed by atoms with van der Waals surface area (Å²) in [5, 5.41) is 12.0. The summed E-state index contributed by atoms with van der Waals surface area (Å²) >= 11 is 3.30. The van der Waals surface area contributed by atoms with E-state index < -0.39 is 5.97 Å². The average molecular weight is 811 g/mol. The molecule has 0 aromatic heterocycles. The molecule has 0 aromatic carbocycles. The van der Waals surface area contributed by atoms with Gasteiger partial charge in [-0.05, 0) is 6.42 Å². The second-order valence-corrected chi connectivity index (χ2v) is 11.0. The Morgan fingerprint density at radius 3 is 0.843 bits per heavy atom. The van der Waals surface area contributed by atoms with Crippen molar-refractivity contribution in [2.45, 2.75) is 19.3 Å². The van der Waals surface area contributed by atoms with Gasteiger partial charge in [0.25, 0.3) is 0 Å². The first-order chi connectivity index (χ1) is 25.2. The van der Waals surface area contributed by atoms with Crippen LogP contribution in [0.15, 0.2) is 0 Å². The van der Waals surface area contributed by atoms with Gasteiger partial charge >= 0.3 is 5.97 Å². The fourth-order valence-electron chi connectivity index (χ4n) is 3.51. The molecule has 0 unspecified atom stereocenters. The highest BCUT2D eigenvalue weighted by atomic mass is 79.9. The van der Waals surface area contributed by atoms with E-state index in [0.717, 1.165) is 5.33 Å². The van der Waals surface area contributed by atoms with E-state index >= 15 is 0 Å². The second kappa shape index (κ2) is 45.1. The van der Waals surface area contributed by atoms with E-state index in [0.29, 0.717) is 185 Å². The molecule has 0 fully saturated rings. The summed E-state index contributed by atoms with van der Waals surface area (Å²) in [6.45, 7) is 13.6. The number of nitrogens with one attached hydrogen (secondary N) is 1. The van der Waals surface area contributed by atoms with Crippen LogP contribution in [0.2, 0.25) is 0 Å². The number of carbonyl (C=O) groups excluding carboxylic acids is 1. The Hall–Kier alpha value is -1.10. The third kappa shape index (κ3) is 46.9. The van der Waals surface area contributed by atoms with Crippen molar-refractivity contribution >= 4 is 27.8 Å². The number of rotatable bonds is 45. The smallest absolute Gasteiger partial charge is 0.303 e. The minimum Gasteiger partial charge on any atom is -0.481 e. The maximum Gasteiger partial charge on any atom is 0.303 e. The van der Waals surface area contributed by atoms with Crippen LogP contribution in [0.1, 0.15) is 19.3 Å². The van der Waals surface area contributed by atoms with Crippen molar-refractivity contribution < 1.29 is 76.3 Å². The van der Waals surface area contributed by atoms with E-state index in [4.69, 9.17) is 66.7 Å². The van der Waals surface area contributed by atoms with Crippen molar-refractivity contribution in [3.63, 3.8) is 0 Å². The van der Waals surface area contributed by atoms with Gasteiger partial charge in [0.2, 0.25) is 5.91 Å². The van der Waals surface area contributed by atoms with E-state index in [1.54, 1.807) is 0 Å². The first-order valence-electron chi connectivity index (χ1n) is 17.7. The molecule has 0 radical (unpaired) electrons. The second-order valence-electron chi connectivity index (χ2n) is 10.2. The maximum absolute atomic E-state index is 11.4. The van der Waals surface area contributed by atoms with Gasteiger partial charge in [0.1, 0.15) is 0 Å². The molecule has 0 bridgehead atoms. The lowest BCUT2D eigenvalue weighted by Crippen LogP contribution is -2.25. The van der Waals surface area contributed by atoms with Crippen LogP contribution in [0.5, 0.6) is 0 Å². The molecule has 2 N–H and O–H groups in total. The molecule has 0 aliphatic rings. The number of hydrogen-bond acceptors (Lipinski definition) is 15. The van der Waals surface area contributed by atoms with Crippen LogP contribution in [-0.4, -0.2) is 201 Å². The lowest BCUT2D eigenvalue weighted by Gasteiger charge is -2.09. The Kier molecular flexibility index (Phi) is 44.1. The summed E-state index contributed by atoms with van der Waals surface area (Å²) in [4.78, 5) is 21.8. The van der Waals surface area contributed by atoms with E-state index in [1.807, 2.05) is 0 Å². The monoisotopic (exact) mass is 809 g/mol. The van der Waals surface area contributed by atoms with Crippen molar-refractivity contribution in [1.29, 1.82) is 0 Å². The van der Waals surface area contributed by atoms with Crippen molar-refractivity contribution in [3.05, 3.63) is 0 Å². The Morgan fingerprint density at radius 2 is 0.608 bits per heavy atom. The summed E-state index contributed by atoms with van der Waals surface area (Å²) in [5.74, 6) is -1.25. The summed E-state index contributed by atoms with van der Waals surface area (Å²) in [5.41, 5.74) is 0. The Balaban J connectivity index is 3.08. The zero-order valence-electron chi connectivity index (χ0n) is 30.4. The van der Waals surface area contributed by atoms with Crippen LogP contribution < -0.4 is 5.32 Å². The van der Waals surface area contributed by atoms with Gasteiger partial charge in [-0.1, -0.05) is 15.9 Å². The zero-order valence-corrected chi connectivity index (χ0v) is 32.0. The SMILES string of the molecule is O=C(O)CCC(=O)NCCCOCCOCCOCCOCCOCCOCCOCCOCCOCCOCCOCCOCCOCCBr. The van der Waals surface area contributed by atoms with Crippen molar-refractivity contribution in [2.24, 2.45) is 0 Å². The molecular weight excluding hydrogens is 746 g/mol. The largest absolute Gasteiger partial charge is 0.481 e. The summed E-state index contributed by atoms with van der Waals surface area (Å²) in [6.07, 6.45) is 0.473. The fraction of sp³-hybridized carbons (Fsp3) is 0.939. The van der Waals surface area contributed by atoms with Crippen LogP contribution in [0.3, 0.4) is 0 Å². The third-order valence-electron chi connectivity index (χ3n) is 6.04. The molecule has 51 heavy (non-hydrogen) atoms. The molecule has 0 saturated heterocycles. The highest BCUT2D eigenvalue weighted by Crippen LogP contribution is 1.91. The van der Waals surface area contributed by atoms with Gasteiger partial charge in [0.05, 0.1) is 172 Å². The van der Waals surface area contributed by atoms with E-state index in [9.17, 15) is 9.59 Å². The molecule has 0 aliphatic heterocycles. The zero-order chi connectivity index (χ0) is 37.0. The fourth-order valence-corrected chi connectivity index (χ4v) is 3.74. The van der Waals surface area contributed by atoms with Gasteiger partial charge in [0, 0.05) is 24.9 Å². The number of carbonyl (C=O) groups is 2. The molecule has 0 heterocycles. The van der Waals surface area contributed by atoms with E-state index in [2.05, 4.69) is 21.2 Å². The number of carboxylic acids is 1. The van der Waals surface area contributed by atoms with Gasteiger partial charge < -0.3 is 72.0 Å². The van der Waals surface area contributed by atoms with E-state index in [1.165, 1.54) is 0 Å². The normalized spacial score (nSPS) is 11.4. The first kappa shape index (κ1) is 49.9. The summed E-state index contributed by atoms with van der Waals surface area (Å²) < 4.78 is 70.7. The first-order valence-corrected chi connectivity index (χ1v) is 18.8. The standard InChI is InChI=1S/C33H64BrNO16/c34-4-7-40-9-11-42-13-15-44-17-19-46-21-23-48-25-27-50-29-31-51-30-28-49-26-24-47-22-20-45-18-16-43-14-12-41-10-8-39-6-1-5-35-32(36)2-3-33(37)38/h1-31H2,(H,35,36)(H,37,38). The number of ether oxygens (including phenoxy) is 13. The van der Waals surface area contributed by atoms with Gasteiger partial charge in [-0.25, -0.2) is 0 Å². The van der Waals surface area contributed by atoms with Crippen LogP contribution >= 0.6 is 15.9 Å². The quantitative estimate of drug-likeness (QED) is 0.0654. The molecular formula is C33H64BrNO16. The maximum atomic E-state index is 11.4. The Morgan fingerprint density at radius 1 is 0.373 bits per heavy atom. The molecule has 0 aromatic rings. The highest BCUT2D eigenvalue weighted by molar-refractivity contribution is 9.09. The highest BCUT2D eigenvalue weighted by Gasteiger charge is 2.04. The lowest BCUT2D eigenvalue weighted by atomic mass is 10.3. The van der Waals surface area contributed by atoms with E-state index in [-0.39, 0.29) is 18.7 Å². The number of amides is 1. The van der Waals surface area contributed by atoms with Crippen LogP contribution in [0, 0.1) is 0 Å². The number of hydrogen-bond donors (Lipinski definition) is 2. The topological polar surface area (TPSA) is 186 Å². The summed E-state index contributed by atoms with van der Waals surface area (Å²) in [7, 11) is 0. The Labute approximate surface area is 311 Å². The Bertz CT molecular complexity index is 716. The molecule has 18 heteroatoms. The number of halogens is 1. The van der Waals surface area contributed by atoms with Crippen molar-refractivity contribution in [3.8, 4) is 0 Å². The number of carboxylic acid groups (broad SMARTS) is 1. The van der Waals surface area contributed by atoms with Gasteiger partial charge in [-0.15, -0.1) is 0 Å². The lowest BCUT2D eigenvalue weighted by molar-refractivity contribution is -0.138. The van der Waals surface area contributed by atoms with Crippen LogP contribution in [0.25, 0.3) is 0 Å². The van der Waals surface area contributed by atoms with Crippen molar-refractivity contribution in [1.82, 2.24) is 5.32 Å². The molecule has 0 atom stereocenters. The van der Waals surface area contributed by atoms with Gasteiger partial charge in [-0.3, -0.25) is 9.59 Å². The molecule has 0 saturated carbocycles.